The average Bonchev–Trinajstić information content (AvgIpc) is 2.84. The average molecular weight is 493 g/mol. The number of nitrogens with zero attached hydrogens (tertiary/aromatic N) is 2. The summed E-state index contributed by atoms with van der Waals surface area (Å²) >= 11 is 0. The van der Waals surface area contributed by atoms with Crippen LogP contribution in [0.1, 0.15) is 47.6 Å². The molecule has 2 fully saturated rings. The Morgan fingerprint density at radius 3 is 2.44 bits per heavy atom. The summed E-state index contributed by atoms with van der Waals surface area (Å²) in [4.78, 5) is 17.2. The minimum absolute atomic E-state index is 0.0613. The van der Waals surface area contributed by atoms with Crippen molar-refractivity contribution in [2.24, 2.45) is 5.92 Å². The zero-order valence-electron chi connectivity index (χ0n) is 21.1. The predicted octanol–water partition coefficient (Wildman–Crippen LogP) is 3.75. The van der Waals surface area contributed by atoms with E-state index in [9.17, 15) is 20.1 Å². The number of benzene rings is 2. The molecule has 7 nitrogen and oxygen atoms in total. The summed E-state index contributed by atoms with van der Waals surface area (Å²) in [6.45, 7) is 4.94. The molecule has 3 aromatic rings. The Morgan fingerprint density at radius 1 is 1.03 bits per heavy atom. The van der Waals surface area contributed by atoms with Gasteiger partial charge in [0, 0.05) is 30.6 Å². The fraction of sp³-hybridized carbons (Fsp3) is 0.483. The Kier molecular flexibility index (Phi) is 7.06. The van der Waals surface area contributed by atoms with Crippen LogP contribution in [0.2, 0.25) is 0 Å². The number of hydrogen-bond acceptors (Lipinski definition) is 7. The number of aromatic hydroxyl groups is 2. The maximum atomic E-state index is 13.0. The minimum Gasteiger partial charge on any atom is -0.507 e. The number of rotatable bonds is 5. The molecule has 2 aliphatic heterocycles. The summed E-state index contributed by atoms with van der Waals surface area (Å²) < 4.78 is 5.92. The number of phenols is 2. The van der Waals surface area contributed by atoms with Gasteiger partial charge in [0.1, 0.15) is 28.2 Å². The topological polar surface area (TPSA) is 97.4 Å². The maximum absolute atomic E-state index is 13.0. The fourth-order valence-electron chi connectivity index (χ4n) is 6.00. The number of likely N-dealkylation sites (N-methyl/N-ethyl adjacent to an activating group) is 1. The summed E-state index contributed by atoms with van der Waals surface area (Å²) in [6, 6.07) is 11.9. The van der Waals surface area contributed by atoms with Crippen molar-refractivity contribution in [3.8, 4) is 11.5 Å². The fourth-order valence-corrected chi connectivity index (χ4v) is 6.00. The number of fused-ring (bicyclic) bond motifs is 1. The van der Waals surface area contributed by atoms with Crippen LogP contribution in [0.4, 0.5) is 0 Å². The summed E-state index contributed by atoms with van der Waals surface area (Å²) in [5, 5.41) is 33.7. The van der Waals surface area contributed by atoms with Crippen LogP contribution in [0.25, 0.3) is 11.0 Å². The summed E-state index contributed by atoms with van der Waals surface area (Å²) in [5.41, 5.74) is 2.00. The molecule has 0 bridgehead atoms. The van der Waals surface area contributed by atoms with Gasteiger partial charge in [-0.1, -0.05) is 30.3 Å². The molecule has 36 heavy (non-hydrogen) atoms. The molecular formula is C29H36N2O5. The maximum Gasteiger partial charge on any atom is 0.196 e. The summed E-state index contributed by atoms with van der Waals surface area (Å²) in [6.07, 6.45) is 3.03. The van der Waals surface area contributed by atoms with E-state index in [2.05, 4.69) is 29.2 Å². The van der Waals surface area contributed by atoms with Crippen LogP contribution in [0.5, 0.6) is 11.5 Å². The van der Waals surface area contributed by atoms with Crippen LogP contribution in [0.3, 0.4) is 0 Å². The highest BCUT2D eigenvalue weighted by Gasteiger charge is 2.35. The Balaban J connectivity index is 1.45. The number of aryl methyl sites for hydroxylation is 1. The molecule has 0 radical (unpaired) electrons. The first-order chi connectivity index (χ1) is 17.3. The first-order valence-electron chi connectivity index (χ1n) is 13.0. The first kappa shape index (κ1) is 24.8. The van der Waals surface area contributed by atoms with Crippen molar-refractivity contribution in [2.75, 3.05) is 33.2 Å². The van der Waals surface area contributed by atoms with Crippen molar-refractivity contribution >= 4 is 11.0 Å². The van der Waals surface area contributed by atoms with Crippen LogP contribution in [0, 0.1) is 12.8 Å². The third-order valence-electron chi connectivity index (χ3n) is 7.99. The lowest BCUT2D eigenvalue weighted by molar-refractivity contribution is 0.0629. The van der Waals surface area contributed by atoms with Gasteiger partial charge >= 0.3 is 0 Å². The molecule has 2 saturated heterocycles. The first-order valence-corrected chi connectivity index (χ1v) is 13.0. The zero-order valence-corrected chi connectivity index (χ0v) is 21.1. The minimum atomic E-state index is -0.713. The lowest BCUT2D eigenvalue weighted by atomic mass is 9.84. The molecule has 0 amide bonds. The van der Waals surface area contributed by atoms with Gasteiger partial charge in [-0.3, -0.25) is 9.69 Å². The number of aliphatic hydroxyl groups excluding tert-OH is 1. The van der Waals surface area contributed by atoms with Crippen molar-refractivity contribution in [1.82, 2.24) is 9.80 Å². The van der Waals surface area contributed by atoms with Crippen molar-refractivity contribution in [3.63, 3.8) is 0 Å². The molecule has 2 atom stereocenters. The number of β-amino-alcohol motifs (C(OH)–C–C–N with tert-alkyl or cyclic N) is 1. The standard InChI is InChI=1S/C29H36N2O5/c1-18-14-23(32)26-28(35)22(16-31-12-8-20(9-13-31)15-19-6-4-3-5-7-19)27(34)25(29(26)36-18)21-10-11-30(2)17-24(21)33/h3-7,14,20-21,24,33-35H,8-13,15-17H2,1-2H3/t21-,24+/m0/s1. The molecule has 5 rings (SSSR count). The van der Waals surface area contributed by atoms with E-state index in [1.807, 2.05) is 18.0 Å². The predicted molar refractivity (Wildman–Crippen MR) is 140 cm³/mol. The molecule has 0 spiro atoms. The molecule has 2 aromatic carbocycles. The highest BCUT2D eigenvalue weighted by Crippen LogP contribution is 2.45. The van der Waals surface area contributed by atoms with Gasteiger partial charge in [0.15, 0.2) is 5.43 Å². The zero-order chi connectivity index (χ0) is 25.4. The molecular weight excluding hydrogens is 456 g/mol. The van der Waals surface area contributed by atoms with E-state index in [4.69, 9.17) is 4.42 Å². The number of hydrogen-bond donors (Lipinski definition) is 3. The van der Waals surface area contributed by atoms with Gasteiger partial charge in [0.2, 0.25) is 0 Å². The van der Waals surface area contributed by atoms with E-state index in [0.29, 0.717) is 42.3 Å². The molecule has 2 aliphatic rings. The smallest absolute Gasteiger partial charge is 0.196 e. The van der Waals surface area contributed by atoms with Crippen molar-refractivity contribution in [3.05, 3.63) is 69.1 Å². The number of likely N-dealkylation sites (tertiary alicyclic amines) is 2. The second-order valence-corrected chi connectivity index (χ2v) is 10.6. The Bertz CT molecular complexity index is 1280. The van der Waals surface area contributed by atoms with Gasteiger partial charge in [0.05, 0.1) is 11.7 Å². The summed E-state index contributed by atoms with van der Waals surface area (Å²) in [7, 11) is 1.95. The van der Waals surface area contributed by atoms with E-state index in [0.717, 1.165) is 38.9 Å². The quantitative estimate of drug-likeness (QED) is 0.499. The SMILES string of the molecule is Cc1cc(=O)c2c(O)c(CN3CCC(Cc4ccccc4)CC3)c(O)c([C@H]3CCN(C)C[C@H]3O)c2o1. The van der Waals surface area contributed by atoms with Gasteiger partial charge in [-0.15, -0.1) is 0 Å². The van der Waals surface area contributed by atoms with E-state index in [-0.39, 0.29) is 33.8 Å². The van der Waals surface area contributed by atoms with Gasteiger partial charge in [-0.05, 0) is 70.8 Å². The molecule has 0 saturated carbocycles. The molecule has 192 valence electrons. The highest BCUT2D eigenvalue weighted by molar-refractivity contribution is 5.90. The highest BCUT2D eigenvalue weighted by atomic mass is 16.3. The van der Waals surface area contributed by atoms with Crippen molar-refractivity contribution in [1.29, 1.82) is 0 Å². The normalized spacial score (nSPS) is 22.3. The third kappa shape index (κ3) is 4.88. The Hall–Kier alpha value is -2.87. The molecule has 0 aliphatic carbocycles. The molecule has 0 unspecified atom stereocenters. The van der Waals surface area contributed by atoms with Gasteiger partial charge < -0.3 is 24.6 Å². The van der Waals surface area contributed by atoms with Crippen LogP contribution in [-0.4, -0.2) is 64.5 Å². The van der Waals surface area contributed by atoms with Crippen LogP contribution in [0.15, 0.2) is 45.6 Å². The van der Waals surface area contributed by atoms with Gasteiger partial charge in [-0.25, -0.2) is 0 Å². The monoisotopic (exact) mass is 492 g/mol. The Labute approximate surface area is 211 Å². The Morgan fingerprint density at radius 2 is 1.75 bits per heavy atom. The second-order valence-electron chi connectivity index (χ2n) is 10.6. The number of piperidine rings is 2. The third-order valence-corrected chi connectivity index (χ3v) is 7.99. The summed E-state index contributed by atoms with van der Waals surface area (Å²) in [5.74, 6) is 0.345. The molecule has 7 heteroatoms. The van der Waals surface area contributed by atoms with Gasteiger partial charge in [-0.2, -0.15) is 0 Å². The van der Waals surface area contributed by atoms with E-state index >= 15 is 0 Å². The molecule has 3 N–H and O–H groups in total. The van der Waals surface area contributed by atoms with E-state index in [1.165, 1.54) is 11.6 Å². The van der Waals surface area contributed by atoms with Crippen molar-refractivity contribution < 1.29 is 19.7 Å². The lowest BCUT2D eigenvalue weighted by Gasteiger charge is -2.35. The molecule has 3 heterocycles. The van der Waals surface area contributed by atoms with Crippen LogP contribution < -0.4 is 5.43 Å². The van der Waals surface area contributed by atoms with E-state index < -0.39 is 6.10 Å². The van der Waals surface area contributed by atoms with E-state index in [1.54, 1.807) is 6.92 Å². The van der Waals surface area contributed by atoms with Crippen LogP contribution >= 0.6 is 0 Å². The van der Waals surface area contributed by atoms with Gasteiger partial charge in [0.25, 0.3) is 0 Å². The second kappa shape index (κ2) is 10.2. The number of phenolic OH excluding ortho intramolecular Hbond substituents is 2. The lowest BCUT2D eigenvalue weighted by Crippen LogP contribution is -2.40. The van der Waals surface area contributed by atoms with Crippen molar-refractivity contribution in [2.45, 2.75) is 51.2 Å². The number of aliphatic hydroxyl groups is 1. The largest absolute Gasteiger partial charge is 0.507 e. The van der Waals surface area contributed by atoms with Crippen LogP contribution in [-0.2, 0) is 13.0 Å². The molecule has 1 aromatic heterocycles.